The van der Waals surface area contributed by atoms with Crippen molar-refractivity contribution >= 4 is 23.7 Å². The summed E-state index contributed by atoms with van der Waals surface area (Å²) in [6.07, 6.45) is 1.66. The lowest BCUT2D eigenvalue weighted by molar-refractivity contribution is 0.278. The van der Waals surface area contributed by atoms with E-state index in [0.717, 1.165) is 5.69 Å². The first-order valence-corrected chi connectivity index (χ1v) is 6.64. The van der Waals surface area contributed by atoms with E-state index in [9.17, 15) is 5.26 Å². The van der Waals surface area contributed by atoms with Gasteiger partial charge in [-0.2, -0.15) is 5.26 Å². The average Bonchev–Trinajstić information content (AvgIpc) is 2.76. The van der Waals surface area contributed by atoms with Crippen molar-refractivity contribution in [2.75, 3.05) is 26.0 Å². The maximum absolute atomic E-state index is 9.23. The fraction of sp³-hybridized carbons (Fsp3) is 0.400. The Balaban J connectivity index is 2.18. The van der Waals surface area contributed by atoms with E-state index in [1.165, 1.54) is 0 Å². The van der Waals surface area contributed by atoms with Crippen molar-refractivity contribution in [3.05, 3.63) is 23.8 Å². The molecule has 1 N–H and O–H groups in total. The van der Waals surface area contributed by atoms with Crippen LogP contribution in [0, 0.1) is 11.3 Å². The van der Waals surface area contributed by atoms with Gasteiger partial charge in [0.1, 0.15) is 12.7 Å². The van der Waals surface area contributed by atoms with E-state index in [1.54, 1.807) is 18.5 Å². The molecule has 1 aromatic carbocycles. The van der Waals surface area contributed by atoms with Crippen LogP contribution in [0.1, 0.15) is 19.4 Å². The van der Waals surface area contributed by atoms with Crippen LogP contribution in [0.5, 0.6) is 0 Å². The zero-order valence-electron chi connectivity index (χ0n) is 12.7. The van der Waals surface area contributed by atoms with Crippen LogP contribution in [0.4, 0.5) is 11.4 Å². The van der Waals surface area contributed by atoms with Gasteiger partial charge in [0.25, 0.3) is 6.02 Å². The summed E-state index contributed by atoms with van der Waals surface area (Å²) < 4.78 is 5.47. The molecule has 0 spiro atoms. The van der Waals surface area contributed by atoms with Crippen LogP contribution in [0.25, 0.3) is 0 Å². The summed E-state index contributed by atoms with van der Waals surface area (Å²) >= 11 is 0. The first kappa shape index (κ1) is 14.9. The zero-order valence-corrected chi connectivity index (χ0v) is 12.7. The van der Waals surface area contributed by atoms with Gasteiger partial charge < -0.3 is 15.0 Å². The Kier molecular flexibility index (Phi) is 4.13. The summed E-state index contributed by atoms with van der Waals surface area (Å²) in [5.41, 5.74) is 1.67. The highest BCUT2D eigenvalue weighted by atomic mass is 16.5. The Morgan fingerprint density at radius 3 is 2.81 bits per heavy atom. The van der Waals surface area contributed by atoms with Crippen molar-refractivity contribution in [3.63, 3.8) is 0 Å². The Labute approximate surface area is 124 Å². The van der Waals surface area contributed by atoms with Gasteiger partial charge >= 0.3 is 0 Å². The molecule has 6 nitrogen and oxygen atoms in total. The lowest BCUT2D eigenvalue weighted by Gasteiger charge is -2.07. The largest absolute Gasteiger partial charge is 0.462 e. The van der Waals surface area contributed by atoms with Crippen molar-refractivity contribution < 1.29 is 4.74 Å². The minimum atomic E-state index is -0.212. The summed E-state index contributed by atoms with van der Waals surface area (Å²) in [5.74, 6) is 0. The van der Waals surface area contributed by atoms with E-state index in [0.29, 0.717) is 23.9 Å². The number of benzene rings is 1. The molecule has 2 rings (SSSR count). The van der Waals surface area contributed by atoms with Crippen molar-refractivity contribution in [2.45, 2.75) is 19.4 Å². The highest BCUT2D eigenvalue weighted by Crippen LogP contribution is 2.24. The van der Waals surface area contributed by atoms with E-state index in [4.69, 9.17) is 4.74 Å². The third-order valence-corrected chi connectivity index (χ3v) is 2.76. The van der Waals surface area contributed by atoms with Gasteiger partial charge in [-0.25, -0.2) is 9.98 Å². The first-order valence-electron chi connectivity index (χ1n) is 6.64. The number of aliphatic imine (C=N–C) groups is 2. The van der Waals surface area contributed by atoms with Crippen LogP contribution in [0.2, 0.25) is 0 Å². The molecule has 1 aliphatic heterocycles. The number of nitrogens with one attached hydrogen (secondary N) is 1. The van der Waals surface area contributed by atoms with E-state index >= 15 is 0 Å². The average molecular weight is 285 g/mol. The standard InChI is InChI=1S/C15H19N5O/c1-15(2)9-21-14(19-15)18-12-5-6-13(11(7-12)8-16)17-10-20(3)4/h5-7,10H,9H2,1-4H3,(H,18,19). The third kappa shape index (κ3) is 3.96. The van der Waals surface area contributed by atoms with Crippen molar-refractivity contribution in [1.82, 2.24) is 4.90 Å². The Bertz CT molecular complexity index is 625. The highest BCUT2D eigenvalue weighted by Gasteiger charge is 2.26. The van der Waals surface area contributed by atoms with Crippen LogP contribution in [0.3, 0.4) is 0 Å². The fourth-order valence-electron chi connectivity index (χ4n) is 1.77. The molecule has 110 valence electrons. The lowest BCUT2D eigenvalue weighted by Crippen LogP contribution is -2.17. The molecule has 21 heavy (non-hydrogen) atoms. The van der Waals surface area contributed by atoms with E-state index in [1.807, 2.05) is 38.9 Å². The molecule has 0 saturated heterocycles. The molecule has 1 aromatic rings. The SMILES string of the molecule is CN(C)C=Nc1ccc(NC2=NC(C)(C)CO2)cc1C#N. The topological polar surface area (TPSA) is 73.0 Å². The van der Waals surface area contributed by atoms with Gasteiger partial charge in [-0.15, -0.1) is 0 Å². The summed E-state index contributed by atoms with van der Waals surface area (Å²) in [5, 5.41) is 12.3. The number of anilines is 1. The summed E-state index contributed by atoms with van der Waals surface area (Å²) in [4.78, 5) is 10.5. The monoisotopic (exact) mass is 285 g/mol. The second kappa shape index (κ2) is 5.83. The number of hydrogen-bond acceptors (Lipinski definition) is 5. The molecule has 0 aliphatic carbocycles. The molecule has 0 unspecified atom stereocenters. The summed E-state index contributed by atoms with van der Waals surface area (Å²) in [7, 11) is 3.76. The minimum Gasteiger partial charge on any atom is -0.462 e. The van der Waals surface area contributed by atoms with Gasteiger partial charge in [-0.1, -0.05) is 0 Å². The number of ether oxygens (including phenoxy) is 1. The van der Waals surface area contributed by atoms with Crippen molar-refractivity contribution in [3.8, 4) is 6.07 Å². The zero-order chi connectivity index (χ0) is 15.5. The highest BCUT2D eigenvalue weighted by molar-refractivity contribution is 5.91. The molecule has 1 heterocycles. The number of hydrogen-bond donors (Lipinski definition) is 1. The second-order valence-corrected chi connectivity index (χ2v) is 5.69. The minimum absolute atomic E-state index is 0.212. The van der Waals surface area contributed by atoms with Crippen molar-refractivity contribution in [2.24, 2.45) is 9.98 Å². The molecule has 1 aliphatic rings. The second-order valence-electron chi connectivity index (χ2n) is 5.69. The number of rotatable bonds is 3. The van der Waals surface area contributed by atoms with Crippen LogP contribution in [0.15, 0.2) is 28.2 Å². The Morgan fingerprint density at radius 1 is 1.48 bits per heavy atom. The van der Waals surface area contributed by atoms with Crippen LogP contribution in [-0.4, -0.2) is 43.5 Å². The number of nitriles is 1. The summed E-state index contributed by atoms with van der Waals surface area (Å²) in [6.45, 7) is 4.55. The third-order valence-electron chi connectivity index (χ3n) is 2.76. The van der Waals surface area contributed by atoms with Gasteiger partial charge in [0.15, 0.2) is 0 Å². The van der Waals surface area contributed by atoms with Crippen LogP contribution < -0.4 is 5.32 Å². The van der Waals surface area contributed by atoms with E-state index in [-0.39, 0.29) is 5.54 Å². The molecular weight excluding hydrogens is 266 g/mol. The van der Waals surface area contributed by atoms with Crippen molar-refractivity contribution in [1.29, 1.82) is 5.26 Å². The normalized spacial score (nSPS) is 16.2. The van der Waals surface area contributed by atoms with E-state index in [2.05, 4.69) is 21.4 Å². The maximum Gasteiger partial charge on any atom is 0.289 e. The van der Waals surface area contributed by atoms with Gasteiger partial charge in [0.2, 0.25) is 0 Å². The summed E-state index contributed by atoms with van der Waals surface area (Å²) in [6, 6.07) is 8.00. The quantitative estimate of drug-likeness (QED) is 0.683. The van der Waals surface area contributed by atoms with Gasteiger partial charge in [-0.3, -0.25) is 0 Å². The first-order chi connectivity index (χ1) is 9.89. The molecule has 0 aromatic heterocycles. The molecular formula is C15H19N5O. The molecule has 0 radical (unpaired) electrons. The molecule has 6 heteroatoms. The lowest BCUT2D eigenvalue weighted by atomic mass is 10.1. The fourth-order valence-corrected chi connectivity index (χ4v) is 1.77. The molecule has 0 amide bonds. The predicted molar refractivity (Wildman–Crippen MR) is 84.1 cm³/mol. The Hall–Kier alpha value is -2.55. The molecule has 0 fully saturated rings. The van der Waals surface area contributed by atoms with Crippen LogP contribution in [-0.2, 0) is 4.74 Å². The molecule has 0 saturated carbocycles. The molecule has 0 bridgehead atoms. The number of amidine groups is 1. The number of nitrogens with zero attached hydrogens (tertiary/aromatic N) is 4. The van der Waals surface area contributed by atoms with E-state index < -0.39 is 0 Å². The maximum atomic E-state index is 9.23. The van der Waals surface area contributed by atoms with Gasteiger partial charge in [0.05, 0.1) is 23.1 Å². The molecule has 0 atom stereocenters. The predicted octanol–water partition coefficient (Wildman–Crippen LogP) is 2.36. The van der Waals surface area contributed by atoms with Gasteiger partial charge in [0, 0.05) is 19.8 Å². The Morgan fingerprint density at radius 2 is 2.24 bits per heavy atom. The smallest absolute Gasteiger partial charge is 0.289 e. The van der Waals surface area contributed by atoms with Crippen LogP contribution >= 0.6 is 0 Å². The van der Waals surface area contributed by atoms with Gasteiger partial charge in [-0.05, 0) is 32.0 Å².